The molecule has 0 aliphatic heterocycles. The Labute approximate surface area is 124 Å². The van der Waals surface area contributed by atoms with Gasteiger partial charge in [0.15, 0.2) is 0 Å². The number of carbonyl (C=O) groups is 1. The van der Waals surface area contributed by atoms with Gasteiger partial charge in [-0.1, -0.05) is 42.5 Å². The number of esters is 1. The number of anilines is 1. The molecular formula is C18H19NO2. The van der Waals surface area contributed by atoms with Crippen LogP contribution in [0.25, 0.3) is 0 Å². The Morgan fingerprint density at radius 2 is 1.71 bits per heavy atom. The first-order valence-corrected chi connectivity index (χ1v) is 7.22. The van der Waals surface area contributed by atoms with Crippen molar-refractivity contribution in [2.24, 2.45) is 0 Å². The Hall–Kier alpha value is -2.29. The van der Waals surface area contributed by atoms with E-state index in [1.54, 1.807) is 0 Å². The third kappa shape index (κ3) is 2.64. The molecule has 0 heterocycles. The predicted octanol–water partition coefficient (Wildman–Crippen LogP) is 3.20. The monoisotopic (exact) mass is 281 g/mol. The zero-order chi connectivity index (χ0) is 14.7. The molecule has 1 aliphatic rings. The van der Waals surface area contributed by atoms with Crippen LogP contribution < -0.4 is 5.32 Å². The van der Waals surface area contributed by atoms with E-state index in [2.05, 4.69) is 23.5 Å². The van der Waals surface area contributed by atoms with Gasteiger partial charge in [0.1, 0.15) is 5.54 Å². The van der Waals surface area contributed by atoms with Gasteiger partial charge in [-0.3, -0.25) is 0 Å². The van der Waals surface area contributed by atoms with Gasteiger partial charge in [0.05, 0.1) is 7.11 Å². The van der Waals surface area contributed by atoms with Crippen molar-refractivity contribution < 1.29 is 9.53 Å². The number of rotatable bonds is 3. The SMILES string of the molecule is COC(=O)C1(Nc2ccccc2)CCc2ccccc2C1. The lowest BCUT2D eigenvalue weighted by molar-refractivity contribution is -0.146. The largest absolute Gasteiger partial charge is 0.467 e. The summed E-state index contributed by atoms with van der Waals surface area (Å²) >= 11 is 0. The maximum absolute atomic E-state index is 12.4. The summed E-state index contributed by atoms with van der Waals surface area (Å²) in [5, 5.41) is 3.41. The summed E-state index contributed by atoms with van der Waals surface area (Å²) < 4.78 is 5.08. The Kier molecular flexibility index (Phi) is 3.65. The van der Waals surface area contributed by atoms with Crippen LogP contribution >= 0.6 is 0 Å². The molecule has 3 nitrogen and oxygen atoms in total. The van der Waals surface area contributed by atoms with E-state index in [4.69, 9.17) is 4.74 Å². The van der Waals surface area contributed by atoms with Gasteiger partial charge in [0.25, 0.3) is 0 Å². The normalized spacial score (nSPS) is 20.4. The summed E-state index contributed by atoms with van der Waals surface area (Å²) in [5.74, 6) is -0.194. The average Bonchev–Trinajstić information content (AvgIpc) is 2.55. The first kappa shape index (κ1) is 13.7. The molecule has 3 heteroatoms. The lowest BCUT2D eigenvalue weighted by Gasteiger charge is -2.37. The number of nitrogens with one attached hydrogen (secondary N) is 1. The van der Waals surface area contributed by atoms with Crippen molar-refractivity contribution in [1.29, 1.82) is 0 Å². The fraction of sp³-hybridized carbons (Fsp3) is 0.278. The molecule has 21 heavy (non-hydrogen) atoms. The number of hydrogen-bond donors (Lipinski definition) is 1. The number of para-hydroxylation sites is 1. The van der Waals surface area contributed by atoms with Gasteiger partial charge in [-0.15, -0.1) is 0 Å². The molecule has 0 saturated heterocycles. The number of methoxy groups -OCH3 is 1. The first-order chi connectivity index (χ1) is 10.2. The molecule has 1 atom stereocenters. The number of carbonyl (C=O) groups excluding carboxylic acids is 1. The number of benzene rings is 2. The third-order valence-electron chi connectivity index (χ3n) is 4.17. The number of fused-ring (bicyclic) bond motifs is 1. The molecule has 0 aromatic heterocycles. The lowest BCUT2D eigenvalue weighted by atomic mass is 9.77. The summed E-state index contributed by atoms with van der Waals surface area (Å²) in [4.78, 5) is 12.4. The Morgan fingerprint density at radius 1 is 1.05 bits per heavy atom. The minimum absolute atomic E-state index is 0.194. The van der Waals surface area contributed by atoms with Crippen molar-refractivity contribution in [3.8, 4) is 0 Å². The van der Waals surface area contributed by atoms with Gasteiger partial charge in [0, 0.05) is 12.1 Å². The number of aryl methyl sites for hydroxylation is 1. The van der Waals surface area contributed by atoms with Gasteiger partial charge < -0.3 is 10.1 Å². The molecule has 108 valence electrons. The summed E-state index contributed by atoms with van der Waals surface area (Å²) in [5.41, 5.74) is 2.82. The molecule has 1 unspecified atom stereocenters. The molecule has 2 aromatic carbocycles. The first-order valence-electron chi connectivity index (χ1n) is 7.22. The summed E-state index contributed by atoms with van der Waals surface area (Å²) in [7, 11) is 1.46. The maximum atomic E-state index is 12.4. The third-order valence-corrected chi connectivity index (χ3v) is 4.17. The molecule has 0 radical (unpaired) electrons. The Morgan fingerprint density at radius 3 is 2.43 bits per heavy atom. The maximum Gasteiger partial charge on any atom is 0.331 e. The molecule has 0 amide bonds. The molecule has 0 saturated carbocycles. The highest BCUT2D eigenvalue weighted by atomic mass is 16.5. The highest BCUT2D eigenvalue weighted by Gasteiger charge is 2.42. The fourth-order valence-corrected chi connectivity index (χ4v) is 3.06. The van der Waals surface area contributed by atoms with Crippen molar-refractivity contribution >= 4 is 11.7 Å². The highest BCUT2D eigenvalue weighted by molar-refractivity contribution is 5.85. The zero-order valence-electron chi connectivity index (χ0n) is 12.1. The minimum atomic E-state index is -0.676. The Bertz CT molecular complexity index is 639. The molecule has 3 rings (SSSR count). The van der Waals surface area contributed by atoms with E-state index in [0.29, 0.717) is 6.42 Å². The summed E-state index contributed by atoms with van der Waals surface area (Å²) in [6.45, 7) is 0. The lowest BCUT2D eigenvalue weighted by Crippen LogP contribution is -2.51. The van der Waals surface area contributed by atoms with Crippen molar-refractivity contribution in [2.45, 2.75) is 24.8 Å². The van der Waals surface area contributed by atoms with E-state index in [9.17, 15) is 4.79 Å². The molecular weight excluding hydrogens is 262 g/mol. The van der Waals surface area contributed by atoms with Crippen LogP contribution in [0.15, 0.2) is 54.6 Å². The van der Waals surface area contributed by atoms with E-state index >= 15 is 0 Å². The smallest absolute Gasteiger partial charge is 0.331 e. The van der Waals surface area contributed by atoms with E-state index in [1.165, 1.54) is 18.2 Å². The van der Waals surface area contributed by atoms with Crippen LogP contribution in [-0.2, 0) is 22.4 Å². The predicted molar refractivity (Wildman–Crippen MR) is 83.3 cm³/mol. The van der Waals surface area contributed by atoms with Gasteiger partial charge in [-0.2, -0.15) is 0 Å². The van der Waals surface area contributed by atoms with Crippen molar-refractivity contribution in [2.75, 3.05) is 12.4 Å². The van der Waals surface area contributed by atoms with E-state index in [0.717, 1.165) is 18.5 Å². The van der Waals surface area contributed by atoms with Gasteiger partial charge in [-0.05, 0) is 36.1 Å². The van der Waals surface area contributed by atoms with Crippen LogP contribution in [0.1, 0.15) is 17.5 Å². The second kappa shape index (κ2) is 5.60. The van der Waals surface area contributed by atoms with E-state index in [-0.39, 0.29) is 5.97 Å². The van der Waals surface area contributed by atoms with Crippen LogP contribution in [0.4, 0.5) is 5.69 Å². The van der Waals surface area contributed by atoms with Crippen LogP contribution in [0.2, 0.25) is 0 Å². The van der Waals surface area contributed by atoms with Crippen molar-refractivity contribution in [3.63, 3.8) is 0 Å². The van der Waals surface area contributed by atoms with Gasteiger partial charge in [-0.25, -0.2) is 4.79 Å². The van der Waals surface area contributed by atoms with Gasteiger partial charge >= 0.3 is 5.97 Å². The molecule has 1 N–H and O–H groups in total. The minimum Gasteiger partial charge on any atom is -0.467 e. The quantitative estimate of drug-likeness (QED) is 0.878. The molecule has 0 spiro atoms. The molecule has 0 fully saturated rings. The number of hydrogen-bond acceptors (Lipinski definition) is 3. The highest BCUT2D eigenvalue weighted by Crippen LogP contribution is 2.32. The molecule has 2 aromatic rings. The van der Waals surface area contributed by atoms with Crippen LogP contribution in [0, 0.1) is 0 Å². The summed E-state index contributed by atoms with van der Waals surface area (Å²) in [6, 6.07) is 18.2. The standard InChI is InChI=1S/C18H19NO2/c1-21-17(20)18(19-16-9-3-2-4-10-16)12-11-14-7-5-6-8-15(14)13-18/h2-10,19H,11-13H2,1H3. The van der Waals surface area contributed by atoms with Crippen molar-refractivity contribution in [1.82, 2.24) is 0 Å². The topological polar surface area (TPSA) is 38.3 Å². The van der Waals surface area contributed by atoms with E-state index in [1.807, 2.05) is 36.4 Å². The zero-order valence-corrected chi connectivity index (χ0v) is 12.1. The Balaban J connectivity index is 1.94. The second-order valence-electron chi connectivity index (χ2n) is 5.51. The van der Waals surface area contributed by atoms with Crippen LogP contribution in [0.3, 0.4) is 0 Å². The fourth-order valence-electron chi connectivity index (χ4n) is 3.06. The number of ether oxygens (including phenoxy) is 1. The second-order valence-corrected chi connectivity index (χ2v) is 5.51. The van der Waals surface area contributed by atoms with E-state index < -0.39 is 5.54 Å². The van der Waals surface area contributed by atoms with Crippen molar-refractivity contribution in [3.05, 3.63) is 65.7 Å². The average molecular weight is 281 g/mol. The van der Waals surface area contributed by atoms with Crippen LogP contribution in [0.5, 0.6) is 0 Å². The van der Waals surface area contributed by atoms with Crippen LogP contribution in [-0.4, -0.2) is 18.6 Å². The summed E-state index contributed by atoms with van der Waals surface area (Å²) in [6.07, 6.45) is 2.28. The molecule has 0 bridgehead atoms. The van der Waals surface area contributed by atoms with Gasteiger partial charge in [0.2, 0.25) is 0 Å². The molecule has 1 aliphatic carbocycles.